The zero-order valence-electron chi connectivity index (χ0n) is 10.8. The Morgan fingerprint density at radius 2 is 2.24 bits per heavy atom. The predicted molar refractivity (Wildman–Crippen MR) is 71.1 cm³/mol. The minimum absolute atomic E-state index is 0.662. The van der Waals surface area contributed by atoms with Gasteiger partial charge in [0.1, 0.15) is 5.75 Å². The molecule has 94 valence electrons. The normalized spacial score (nSPS) is 21.4. The standard InChI is InChI=1S/C14H22N2O/c1-11-5-3-4-8-16(11)10-12-9-13(15)6-7-14(12)17-2/h6-7,9,11H,3-5,8,10,15H2,1-2H3. The predicted octanol–water partition coefficient (Wildman–Crippen LogP) is 2.65. The minimum Gasteiger partial charge on any atom is -0.496 e. The summed E-state index contributed by atoms with van der Waals surface area (Å²) in [6.07, 6.45) is 3.95. The first-order valence-electron chi connectivity index (χ1n) is 6.37. The van der Waals surface area contributed by atoms with Gasteiger partial charge in [0.05, 0.1) is 7.11 Å². The van der Waals surface area contributed by atoms with Gasteiger partial charge in [-0.1, -0.05) is 6.42 Å². The maximum absolute atomic E-state index is 5.85. The average molecular weight is 234 g/mol. The summed E-state index contributed by atoms with van der Waals surface area (Å²) >= 11 is 0. The van der Waals surface area contributed by atoms with E-state index in [1.165, 1.54) is 31.4 Å². The van der Waals surface area contributed by atoms with Crippen LogP contribution in [0.3, 0.4) is 0 Å². The molecule has 1 aromatic carbocycles. The Morgan fingerprint density at radius 3 is 2.94 bits per heavy atom. The third-order valence-corrected chi connectivity index (χ3v) is 3.62. The van der Waals surface area contributed by atoms with E-state index in [1.54, 1.807) is 7.11 Å². The summed E-state index contributed by atoms with van der Waals surface area (Å²) in [6, 6.07) is 6.54. The van der Waals surface area contributed by atoms with Crippen LogP contribution in [0.25, 0.3) is 0 Å². The molecule has 2 rings (SSSR count). The van der Waals surface area contributed by atoms with Crippen LogP contribution in [0.15, 0.2) is 18.2 Å². The van der Waals surface area contributed by atoms with Gasteiger partial charge >= 0.3 is 0 Å². The number of methoxy groups -OCH3 is 1. The second-order valence-corrected chi connectivity index (χ2v) is 4.89. The van der Waals surface area contributed by atoms with E-state index in [0.717, 1.165) is 18.0 Å². The van der Waals surface area contributed by atoms with Gasteiger partial charge < -0.3 is 10.5 Å². The Labute approximate surface area is 104 Å². The summed E-state index contributed by atoms with van der Waals surface area (Å²) in [5, 5.41) is 0. The van der Waals surface area contributed by atoms with Gasteiger partial charge in [0.2, 0.25) is 0 Å². The molecule has 1 aliphatic rings. The first kappa shape index (κ1) is 12.2. The Morgan fingerprint density at radius 1 is 1.41 bits per heavy atom. The molecule has 0 aliphatic carbocycles. The lowest BCUT2D eigenvalue weighted by Gasteiger charge is -2.33. The topological polar surface area (TPSA) is 38.5 Å². The first-order valence-corrected chi connectivity index (χ1v) is 6.37. The van der Waals surface area contributed by atoms with Crippen LogP contribution < -0.4 is 10.5 Å². The van der Waals surface area contributed by atoms with Crippen LogP contribution in [-0.4, -0.2) is 24.6 Å². The molecule has 1 aromatic rings. The molecule has 3 nitrogen and oxygen atoms in total. The highest BCUT2D eigenvalue weighted by Crippen LogP contribution is 2.26. The molecular formula is C14H22N2O. The number of anilines is 1. The van der Waals surface area contributed by atoms with Crippen molar-refractivity contribution in [2.75, 3.05) is 19.4 Å². The Bertz CT molecular complexity index is 378. The number of ether oxygens (including phenoxy) is 1. The van der Waals surface area contributed by atoms with Crippen molar-refractivity contribution < 1.29 is 4.74 Å². The zero-order valence-corrected chi connectivity index (χ0v) is 10.8. The Balaban J connectivity index is 2.13. The smallest absolute Gasteiger partial charge is 0.123 e. The number of nitrogens with two attached hydrogens (primary N) is 1. The highest BCUT2D eigenvalue weighted by atomic mass is 16.5. The third kappa shape index (κ3) is 2.91. The van der Waals surface area contributed by atoms with Crippen LogP contribution in [0.4, 0.5) is 5.69 Å². The van der Waals surface area contributed by atoms with Gasteiger partial charge in [0.15, 0.2) is 0 Å². The molecule has 0 radical (unpaired) electrons. The summed E-state index contributed by atoms with van der Waals surface area (Å²) < 4.78 is 5.39. The fourth-order valence-electron chi connectivity index (χ4n) is 2.53. The number of hydrogen-bond donors (Lipinski definition) is 1. The Kier molecular flexibility index (Phi) is 3.89. The van der Waals surface area contributed by atoms with Gasteiger partial charge in [-0.15, -0.1) is 0 Å². The molecule has 0 aromatic heterocycles. The fraction of sp³-hybridized carbons (Fsp3) is 0.571. The van der Waals surface area contributed by atoms with E-state index >= 15 is 0 Å². The summed E-state index contributed by atoms with van der Waals surface area (Å²) in [6.45, 7) is 4.42. The molecule has 2 N–H and O–H groups in total. The SMILES string of the molecule is COc1ccc(N)cc1CN1CCCCC1C. The molecule has 0 bridgehead atoms. The van der Waals surface area contributed by atoms with Crippen LogP contribution in [0.2, 0.25) is 0 Å². The number of nitrogens with zero attached hydrogens (tertiary/aromatic N) is 1. The maximum Gasteiger partial charge on any atom is 0.123 e. The zero-order chi connectivity index (χ0) is 12.3. The van der Waals surface area contributed by atoms with Crippen molar-refractivity contribution in [3.8, 4) is 5.75 Å². The highest BCUT2D eigenvalue weighted by Gasteiger charge is 2.19. The van der Waals surface area contributed by atoms with Gasteiger partial charge in [-0.25, -0.2) is 0 Å². The van der Waals surface area contributed by atoms with Gasteiger partial charge in [-0.05, 0) is 44.5 Å². The second kappa shape index (κ2) is 5.41. The van der Waals surface area contributed by atoms with Crippen molar-refractivity contribution in [3.63, 3.8) is 0 Å². The van der Waals surface area contributed by atoms with Gasteiger partial charge in [0.25, 0.3) is 0 Å². The molecular weight excluding hydrogens is 212 g/mol. The number of nitrogen functional groups attached to an aromatic ring is 1. The molecule has 0 spiro atoms. The Hall–Kier alpha value is -1.22. The van der Waals surface area contributed by atoms with Gasteiger partial charge in [0, 0.05) is 23.8 Å². The second-order valence-electron chi connectivity index (χ2n) is 4.89. The molecule has 3 heteroatoms. The fourth-order valence-corrected chi connectivity index (χ4v) is 2.53. The molecule has 1 fully saturated rings. The van der Waals surface area contributed by atoms with E-state index in [2.05, 4.69) is 11.8 Å². The number of benzene rings is 1. The quantitative estimate of drug-likeness (QED) is 0.817. The van der Waals surface area contributed by atoms with Crippen LogP contribution in [0.5, 0.6) is 5.75 Å². The van der Waals surface area contributed by atoms with E-state index in [0.29, 0.717) is 6.04 Å². The monoisotopic (exact) mass is 234 g/mol. The highest BCUT2D eigenvalue weighted by molar-refractivity contribution is 5.47. The van der Waals surface area contributed by atoms with Crippen molar-refractivity contribution >= 4 is 5.69 Å². The lowest BCUT2D eigenvalue weighted by Crippen LogP contribution is -2.36. The van der Waals surface area contributed by atoms with Crippen LogP contribution in [0, 0.1) is 0 Å². The third-order valence-electron chi connectivity index (χ3n) is 3.62. The molecule has 1 heterocycles. The number of piperidine rings is 1. The molecule has 17 heavy (non-hydrogen) atoms. The summed E-state index contributed by atoms with van der Waals surface area (Å²) in [5.74, 6) is 0.942. The van der Waals surface area contributed by atoms with Crippen molar-refractivity contribution in [3.05, 3.63) is 23.8 Å². The van der Waals surface area contributed by atoms with Crippen molar-refractivity contribution in [2.24, 2.45) is 0 Å². The summed E-state index contributed by atoms with van der Waals surface area (Å²) in [5.41, 5.74) is 7.85. The summed E-state index contributed by atoms with van der Waals surface area (Å²) in [7, 11) is 1.72. The molecule has 1 saturated heterocycles. The largest absolute Gasteiger partial charge is 0.496 e. The van der Waals surface area contributed by atoms with Gasteiger partial charge in [-0.3, -0.25) is 4.90 Å². The minimum atomic E-state index is 0.662. The van der Waals surface area contributed by atoms with E-state index in [-0.39, 0.29) is 0 Å². The van der Waals surface area contributed by atoms with Gasteiger partial charge in [-0.2, -0.15) is 0 Å². The average Bonchev–Trinajstić information content (AvgIpc) is 2.32. The molecule has 1 unspecified atom stereocenters. The molecule has 0 saturated carbocycles. The lowest BCUT2D eigenvalue weighted by molar-refractivity contribution is 0.151. The van der Waals surface area contributed by atoms with Crippen molar-refractivity contribution in [1.29, 1.82) is 0 Å². The maximum atomic E-state index is 5.85. The van der Waals surface area contributed by atoms with E-state index in [4.69, 9.17) is 10.5 Å². The lowest BCUT2D eigenvalue weighted by atomic mass is 10.0. The van der Waals surface area contributed by atoms with Crippen molar-refractivity contribution in [2.45, 2.75) is 38.8 Å². The van der Waals surface area contributed by atoms with Crippen molar-refractivity contribution in [1.82, 2.24) is 4.90 Å². The number of likely N-dealkylation sites (tertiary alicyclic amines) is 1. The molecule has 1 aliphatic heterocycles. The molecule has 1 atom stereocenters. The van der Waals surface area contributed by atoms with E-state index in [1.807, 2.05) is 18.2 Å². The van der Waals surface area contributed by atoms with Crippen LogP contribution in [0.1, 0.15) is 31.7 Å². The van der Waals surface area contributed by atoms with E-state index < -0.39 is 0 Å². The summed E-state index contributed by atoms with van der Waals surface area (Å²) in [4.78, 5) is 2.51. The number of rotatable bonds is 3. The van der Waals surface area contributed by atoms with Crippen LogP contribution in [-0.2, 0) is 6.54 Å². The number of hydrogen-bond acceptors (Lipinski definition) is 3. The van der Waals surface area contributed by atoms with E-state index in [9.17, 15) is 0 Å². The van der Waals surface area contributed by atoms with Crippen LogP contribution >= 0.6 is 0 Å². The molecule has 0 amide bonds. The first-order chi connectivity index (χ1) is 8.20.